The van der Waals surface area contributed by atoms with Crippen molar-refractivity contribution in [2.75, 3.05) is 0 Å². The molecule has 2 amide bonds. The van der Waals surface area contributed by atoms with Gasteiger partial charge in [-0.25, -0.2) is 0 Å². The molecule has 0 radical (unpaired) electrons. The van der Waals surface area contributed by atoms with Gasteiger partial charge in [0.2, 0.25) is 0 Å². The molecule has 1 aliphatic heterocycles. The summed E-state index contributed by atoms with van der Waals surface area (Å²) in [6.07, 6.45) is 2.68. The molecule has 1 rings (SSSR count). The van der Waals surface area contributed by atoms with E-state index in [9.17, 15) is 9.59 Å². The molecule has 3 nitrogen and oxygen atoms in total. The van der Waals surface area contributed by atoms with Crippen molar-refractivity contribution in [1.29, 1.82) is 0 Å². The zero-order valence-corrected chi connectivity index (χ0v) is 10.1. The molecule has 84 valence electrons. The number of hydrogen-bond donors (Lipinski definition) is 0. The summed E-state index contributed by atoms with van der Waals surface area (Å²) in [4.78, 5) is 24.3. The molecule has 0 aromatic heterocycles. The molecule has 0 spiro atoms. The van der Waals surface area contributed by atoms with E-state index >= 15 is 0 Å². The van der Waals surface area contributed by atoms with Crippen molar-refractivity contribution >= 4 is 11.8 Å². The molecule has 0 aromatic carbocycles. The van der Waals surface area contributed by atoms with Crippen molar-refractivity contribution in [3.05, 3.63) is 12.2 Å². The van der Waals surface area contributed by atoms with Crippen LogP contribution in [0.25, 0.3) is 0 Å². The number of rotatable bonds is 2. The molecule has 15 heavy (non-hydrogen) atoms. The van der Waals surface area contributed by atoms with Crippen LogP contribution in [0.2, 0.25) is 0 Å². The maximum absolute atomic E-state index is 11.5. The van der Waals surface area contributed by atoms with Gasteiger partial charge in [-0.05, 0) is 18.3 Å². The predicted octanol–water partition coefficient (Wildman–Crippen LogP) is 1.98. The van der Waals surface area contributed by atoms with E-state index in [0.29, 0.717) is 0 Å². The fourth-order valence-electron chi connectivity index (χ4n) is 1.76. The molecule has 0 N–H and O–H groups in total. The smallest absolute Gasteiger partial charge is 0.253 e. The van der Waals surface area contributed by atoms with Crippen molar-refractivity contribution in [1.82, 2.24) is 4.90 Å². The predicted molar refractivity (Wildman–Crippen MR) is 59.1 cm³/mol. The molecular formula is C12H19NO2. The Labute approximate surface area is 91.1 Å². The third-order valence-electron chi connectivity index (χ3n) is 3.34. The second kappa shape index (κ2) is 3.80. The normalized spacial score (nSPS) is 21.0. The van der Waals surface area contributed by atoms with Gasteiger partial charge >= 0.3 is 0 Å². The fourth-order valence-corrected chi connectivity index (χ4v) is 1.76. The Kier molecular flexibility index (Phi) is 3.03. The molecule has 3 heteroatoms. The minimum Gasteiger partial charge on any atom is -0.272 e. The summed E-state index contributed by atoms with van der Waals surface area (Å²) in [5.41, 5.74) is 0.0859. The molecule has 1 heterocycles. The summed E-state index contributed by atoms with van der Waals surface area (Å²) in [6, 6.07) is -0.0556. The van der Waals surface area contributed by atoms with E-state index in [1.807, 2.05) is 6.92 Å². The largest absolute Gasteiger partial charge is 0.272 e. The first-order valence-corrected chi connectivity index (χ1v) is 5.30. The van der Waals surface area contributed by atoms with Gasteiger partial charge in [-0.15, -0.1) is 0 Å². The standard InChI is InChI=1S/C12H19NO2/c1-8(12(3,4)5)9(2)13-10(14)6-7-11(13)15/h6-9H,1-5H3. The highest BCUT2D eigenvalue weighted by Gasteiger charge is 2.35. The lowest BCUT2D eigenvalue weighted by molar-refractivity contribution is -0.141. The van der Waals surface area contributed by atoms with Crippen LogP contribution in [-0.2, 0) is 9.59 Å². The van der Waals surface area contributed by atoms with E-state index in [1.165, 1.54) is 17.1 Å². The summed E-state index contributed by atoms with van der Waals surface area (Å²) in [7, 11) is 0. The third kappa shape index (κ3) is 2.28. The number of nitrogens with zero attached hydrogens (tertiary/aromatic N) is 1. The van der Waals surface area contributed by atoms with E-state index in [4.69, 9.17) is 0 Å². The van der Waals surface area contributed by atoms with Gasteiger partial charge in [0.25, 0.3) is 11.8 Å². The zero-order valence-electron chi connectivity index (χ0n) is 10.1. The van der Waals surface area contributed by atoms with Crippen molar-refractivity contribution in [3.63, 3.8) is 0 Å². The number of carbonyl (C=O) groups excluding carboxylic acids is 2. The zero-order chi connectivity index (χ0) is 11.8. The van der Waals surface area contributed by atoms with E-state index in [0.717, 1.165) is 0 Å². The lowest BCUT2D eigenvalue weighted by atomic mass is 9.77. The lowest BCUT2D eigenvalue weighted by Gasteiger charge is -2.36. The Morgan fingerprint density at radius 3 is 1.80 bits per heavy atom. The highest BCUT2D eigenvalue weighted by molar-refractivity contribution is 6.13. The second-order valence-corrected chi connectivity index (χ2v) is 5.28. The number of imide groups is 1. The number of amides is 2. The Hall–Kier alpha value is -1.12. The summed E-state index contributed by atoms with van der Waals surface area (Å²) < 4.78 is 0. The number of carbonyl (C=O) groups is 2. The summed E-state index contributed by atoms with van der Waals surface area (Å²) >= 11 is 0. The van der Waals surface area contributed by atoms with Crippen LogP contribution < -0.4 is 0 Å². The van der Waals surface area contributed by atoms with Crippen LogP contribution in [0.1, 0.15) is 34.6 Å². The van der Waals surface area contributed by atoms with Gasteiger partial charge in [0.1, 0.15) is 0 Å². The minimum atomic E-state index is -0.191. The van der Waals surface area contributed by atoms with Crippen molar-refractivity contribution < 1.29 is 9.59 Å². The Bertz CT molecular complexity index is 294. The summed E-state index contributed by atoms with van der Waals surface area (Å²) in [6.45, 7) is 10.4. The van der Waals surface area contributed by atoms with Crippen LogP contribution in [0.4, 0.5) is 0 Å². The molecule has 0 saturated carbocycles. The third-order valence-corrected chi connectivity index (χ3v) is 3.34. The Morgan fingerprint density at radius 2 is 1.47 bits per heavy atom. The molecular weight excluding hydrogens is 190 g/mol. The van der Waals surface area contributed by atoms with Gasteiger partial charge in [-0.3, -0.25) is 14.5 Å². The molecule has 2 unspecified atom stereocenters. The van der Waals surface area contributed by atoms with Gasteiger partial charge in [0, 0.05) is 18.2 Å². The first kappa shape index (κ1) is 12.0. The van der Waals surface area contributed by atoms with Crippen LogP contribution in [0.15, 0.2) is 12.2 Å². The van der Waals surface area contributed by atoms with Crippen molar-refractivity contribution in [3.8, 4) is 0 Å². The maximum atomic E-state index is 11.5. The van der Waals surface area contributed by atoms with Crippen LogP contribution in [-0.4, -0.2) is 22.8 Å². The first-order chi connectivity index (χ1) is 6.75. The molecule has 2 atom stereocenters. The van der Waals surface area contributed by atoms with Gasteiger partial charge in [0.15, 0.2) is 0 Å². The van der Waals surface area contributed by atoms with Crippen molar-refractivity contribution in [2.24, 2.45) is 11.3 Å². The molecule has 0 saturated heterocycles. The van der Waals surface area contributed by atoms with Crippen LogP contribution >= 0.6 is 0 Å². The van der Waals surface area contributed by atoms with Crippen LogP contribution in [0, 0.1) is 11.3 Å². The summed E-state index contributed by atoms with van der Waals surface area (Å²) in [5.74, 6) is -0.113. The van der Waals surface area contributed by atoms with E-state index in [1.54, 1.807) is 0 Å². The monoisotopic (exact) mass is 209 g/mol. The van der Waals surface area contributed by atoms with Crippen LogP contribution in [0.3, 0.4) is 0 Å². The Balaban J connectivity index is 2.82. The van der Waals surface area contributed by atoms with Gasteiger partial charge in [-0.2, -0.15) is 0 Å². The van der Waals surface area contributed by atoms with Gasteiger partial charge in [0.05, 0.1) is 0 Å². The molecule has 0 aromatic rings. The van der Waals surface area contributed by atoms with Gasteiger partial charge < -0.3 is 0 Å². The SMILES string of the molecule is CC(C(C)C(C)(C)C)N1C(=O)C=CC1=O. The van der Waals surface area contributed by atoms with Crippen LogP contribution in [0.5, 0.6) is 0 Å². The maximum Gasteiger partial charge on any atom is 0.253 e. The number of hydrogen-bond acceptors (Lipinski definition) is 2. The average molecular weight is 209 g/mol. The average Bonchev–Trinajstić information content (AvgIpc) is 2.42. The molecule has 0 fully saturated rings. The minimum absolute atomic E-state index is 0.0556. The fraction of sp³-hybridized carbons (Fsp3) is 0.667. The Morgan fingerprint density at radius 1 is 1.07 bits per heavy atom. The quantitative estimate of drug-likeness (QED) is 0.652. The van der Waals surface area contributed by atoms with E-state index in [-0.39, 0.29) is 29.2 Å². The van der Waals surface area contributed by atoms with Crippen molar-refractivity contribution in [2.45, 2.75) is 40.7 Å². The van der Waals surface area contributed by atoms with E-state index in [2.05, 4.69) is 27.7 Å². The second-order valence-electron chi connectivity index (χ2n) is 5.28. The lowest BCUT2D eigenvalue weighted by Crippen LogP contribution is -2.45. The summed E-state index contributed by atoms with van der Waals surface area (Å²) in [5, 5.41) is 0. The first-order valence-electron chi connectivity index (χ1n) is 5.30. The van der Waals surface area contributed by atoms with E-state index < -0.39 is 0 Å². The molecule has 1 aliphatic rings. The topological polar surface area (TPSA) is 37.4 Å². The molecule has 0 aliphatic carbocycles. The molecule has 0 bridgehead atoms. The highest BCUT2D eigenvalue weighted by atomic mass is 16.2. The van der Waals surface area contributed by atoms with Gasteiger partial charge in [-0.1, -0.05) is 27.7 Å². The highest BCUT2D eigenvalue weighted by Crippen LogP contribution is 2.31.